The van der Waals surface area contributed by atoms with Crippen molar-refractivity contribution in [2.45, 2.75) is 0 Å². The van der Waals surface area contributed by atoms with E-state index in [1.54, 1.807) is 23.4 Å². The first kappa shape index (κ1) is 17.1. The van der Waals surface area contributed by atoms with Crippen LogP contribution in [0.3, 0.4) is 0 Å². The predicted octanol–water partition coefficient (Wildman–Crippen LogP) is 5.79. The van der Waals surface area contributed by atoms with E-state index in [0.717, 1.165) is 27.1 Å². The quantitative estimate of drug-likeness (QED) is 0.243. The number of hydrogen-bond acceptors (Lipinski definition) is 4. The zero-order chi connectivity index (χ0) is 19.1. The van der Waals surface area contributed by atoms with E-state index in [0.29, 0.717) is 14.9 Å². The first-order valence-corrected chi connectivity index (χ1v) is 10.0. The molecule has 0 saturated carbocycles. The van der Waals surface area contributed by atoms with Crippen LogP contribution >= 0.6 is 24.0 Å². The predicted molar refractivity (Wildman–Crippen MR) is 121 cm³/mol. The summed E-state index contributed by atoms with van der Waals surface area (Å²) in [6.07, 6.45) is 5.31. The number of thiocarbonyl (C=S) groups is 1. The van der Waals surface area contributed by atoms with Crippen molar-refractivity contribution in [1.29, 1.82) is 0 Å². The highest BCUT2D eigenvalue weighted by atomic mass is 32.2. The molecule has 134 valence electrons. The molecule has 5 rings (SSSR count). The number of carbonyl (C=O) groups excluding carboxylic acids is 1. The van der Waals surface area contributed by atoms with E-state index in [-0.39, 0.29) is 5.91 Å². The Labute approximate surface area is 171 Å². The zero-order valence-electron chi connectivity index (χ0n) is 14.7. The van der Waals surface area contributed by atoms with Crippen LogP contribution in [0.25, 0.3) is 27.6 Å². The van der Waals surface area contributed by atoms with Gasteiger partial charge in [0, 0.05) is 6.20 Å². The van der Waals surface area contributed by atoms with Crippen molar-refractivity contribution in [3.8, 4) is 0 Å². The summed E-state index contributed by atoms with van der Waals surface area (Å²) in [5, 5.41) is 4.53. The van der Waals surface area contributed by atoms with Crippen LogP contribution in [0.15, 0.2) is 84.0 Å². The first-order valence-electron chi connectivity index (χ1n) is 8.81. The molecule has 0 atom stereocenters. The number of anilines is 1. The Kier molecular flexibility index (Phi) is 4.19. The number of fused-ring (bicyclic) bond motifs is 2. The van der Waals surface area contributed by atoms with Crippen molar-refractivity contribution in [3.63, 3.8) is 0 Å². The van der Waals surface area contributed by atoms with Gasteiger partial charge in [0.05, 0.1) is 16.8 Å². The second-order valence-corrected chi connectivity index (χ2v) is 8.14. The molecule has 5 heteroatoms. The van der Waals surface area contributed by atoms with Crippen molar-refractivity contribution in [1.82, 2.24) is 4.98 Å². The van der Waals surface area contributed by atoms with E-state index in [2.05, 4.69) is 35.3 Å². The van der Waals surface area contributed by atoms with Gasteiger partial charge < -0.3 is 0 Å². The van der Waals surface area contributed by atoms with Crippen LogP contribution in [0.5, 0.6) is 0 Å². The topological polar surface area (TPSA) is 33.2 Å². The van der Waals surface area contributed by atoms with Crippen LogP contribution in [0.1, 0.15) is 5.56 Å². The fourth-order valence-corrected chi connectivity index (χ4v) is 4.79. The summed E-state index contributed by atoms with van der Waals surface area (Å²) in [5.41, 5.74) is 1.73. The smallest absolute Gasteiger partial charge is 0.268 e. The number of nitrogens with zero attached hydrogens (tertiary/aromatic N) is 2. The highest BCUT2D eigenvalue weighted by Gasteiger charge is 2.33. The average Bonchev–Trinajstić information content (AvgIpc) is 3.01. The average molecular weight is 399 g/mol. The van der Waals surface area contributed by atoms with Crippen LogP contribution in [-0.4, -0.2) is 15.2 Å². The molecule has 1 aliphatic heterocycles. The van der Waals surface area contributed by atoms with Gasteiger partial charge in [0.1, 0.15) is 0 Å². The minimum absolute atomic E-state index is 0.111. The number of pyridine rings is 1. The third kappa shape index (κ3) is 2.80. The van der Waals surface area contributed by atoms with Crippen LogP contribution in [0, 0.1) is 0 Å². The van der Waals surface area contributed by atoms with Gasteiger partial charge in [0.15, 0.2) is 4.32 Å². The molecule has 2 heterocycles. The van der Waals surface area contributed by atoms with Crippen LogP contribution in [-0.2, 0) is 4.79 Å². The number of thioether (sulfide) groups is 1. The summed E-state index contributed by atoms with van der Waals surface area (Å²) in [4.78, 5) is 19.4. The van der Waals surface area contributed by atoms with Crippen molar-refractivity contribution < 1.29 is 4.79 Å². The maximum atomic E-state index is 13.1. The molecule has 0 radical (unpaired) electrons. The van der Waals surface area contributed by atoms with Crippen molar-refractivity contribution in [2.75, 3.05) is 4.90 Å². The molecule has 28 heavy (non-hydrogen) atoms. The van der Waals surface area contributed by atoms with Gasteiger partial charge in [-0.05, 0) is 51.4 Å². The van der Waals surface area contributed by atoms with Gasteiger partial charge in [-0.15, -0.1) is 0 Å². The van der Waals surface area contributed by atoms with Gasteiger partial charge >= 0.3 is 0 Å². The molecule has 4 aromatic rings. The van der Waals surface area contributed by atoms with Gasteiger partial charge in [-0.1, -0.05) is 72.5 Å². The largest absolute Gasteiger partial charge is 0.270 e. The molecule has 3 aromatic carbocycles. The summed E-state index contributed by atoms with van der Waals surface area (Å²) in [5.74, 6) is -0.111. The summed E-state index contributed by atoms with van der Waals surface area (Å²) in [7, 11) is 0. The summed E-state index contributed by atoms with van der Waals surface area (Å²) < 4.78 is 0.522. The van der Waals surface area contributed by atoms with Crippen molar-refractivity contribution >= 4 is 67.5 Å². The Balaban J connectivity index is 1.70. The lowest BCUT2D eigenvalue weighted by atomic mass is 9.96. The third-order valence-electron chi connectivity index (χ3n) is 4.79. The Bertz CT molecular complexity index is 1230. The maximum absolute atomic E-state index is 13.1. The molecule has 0 spiro atoms. The molecule has 1 fully saturated rings. The highest BCUT2D eigenvalue weighted by Crippen LogP contribution is 2.38. The molecule has 3 nitrogen and oxygen atoms in total. The monoisotopic (exact) mass is 398 g/mol. The standard InChI is InChI=1S/C23H14N2OS2/c26-22-21(28-23(27)25(22)17-8-5-11-24-14-17)13-20-18-9-3-1-6-15(18)12-16-7-2-4-10-19(16)20/h1-14H. The van der Waals surface area contributed by atoms with Crippen molar-refractivity contribution in [3.05, 3.63) is 89.6 Å². The molecular formula is C23H14N2OS2. The number of carbonyl (C=O) groups is 1. The second kappa shape index (κ2) is 6.86. The fraction of sp³-hybridized carbons (Fsp3) is 0. The van der Waals surface area contributed by atoms with E-state index < -0.39 is 0 Å². The fourth-order valence-electron chi connectivity index (χ4n) is 3.51. The zero-order valence-corrected chi connectivity index (χ0v) is 16.3. The number of benzene rings is 3. The lowest BCUT2D eigenvalue weighted by molar-refractivity contribution is -0.113. The molecule has 0 bridgehead atoms. The van der Waals surface area contributed by atoms with Crippen LogP contribution in [0.2, 0.25) is 0 Å². The van der Waals surface area contributed by atoms with Crippen molar-refractivity contribution in [2.24, 2.45) is 0 Å². The minimum Gasteiger partial charge on any atom is -0.268 e. The Morgan fingerprint density at radius 1 is 0.929 bits per heavy atom. The molecule has 0 aliphatic carbocycles. The number of rotatable bonds is 2. The molecular weight excluding hydrogens is 384 g/mol. The van der Waals surface area contributed by atoms with Gasteiger partial charge in [0.25, 0.3) is 5.91 Å². The lowest BCUT2D eigenvalue weighted by Crippen LogP contribution is -2.27. The van der Waals surface area contributed by atoms with Gasteiger partial charge in [-0.25, -0.2) is 0 Å². The summed E-state index contributed by atoms with van der Waals surface area (Å²) in [6.45, 7) is 0. The Morgan fingerprint density at radius 3 is 2.25 bits per heavy atom. The molecule has 0 N–H and O–H groups in total. The van der Waals surface area contributed by atoms with Gasteiger partial charge in [-0.2, -0.15) is 0 Å². The van der Waals surface area contributed by atoms with E-state index >= 15 is 0 Å². The number of hydrogen-bond donors (Lipinski definition) is 0. The minimum atomic E-state index is -0.111. The molecule has 1 aliphatic rings. The lowest BCUT2D eigenvalue weighted by Gasteiger charge is -2.13. The Hall–Kier alpha value is -3.02. The molecule has 0 unspecified atom stereocenters. The normalized spacial score (nSPS) is 15.9. The second-order valence-electron chi connectivity index (χ2n) is 6.46. The summed E-state index contributed by atoms with van der Waals surface area (Å²) in [6, 6.07) is 22.3. The molecule has 1 amide bonds. The Morgan fingerprint density at radius 2 is 1.61 bits per heavy atom. The van der Waals surface area contributed by atoms with Crippen LogP contribution in [0.4, 0.5) is 5.69 Å². The SMILES string of the molecule is O=C1C(=Cc2c3ccccc3cc3ccccc23)SC(=S)N1c1cccnc1. The van der Waals surface area contributed by atoms with E-state index in [1.165, 1.54) is 11.8 Å². The van der Waals surface area contributed by atoms with E-state index in [4.69, 9.17) is 12.2 Å². The third-order valence-corrected chi connectivity index (χ3v) is 6.09. The maximum Gasteiger partial charge on any atom is 0.270 e. The number of amides is 1. The first-order chi connectivity index (χ1) is 13.7. The van der Waals surface area contributed by atoms with Gasteiger partial charge in [0.2, 0.25) is 0 Å². The molecule has 1 aromatic heterocycles. The highest BCUT2D eigenvalue weighted by molar-refractivity contribution is 8.27. The molecule has 1 saturated heterocycles. The van der Waals surface area contributed by atoms with Gasteiger partial charge in [-0.3, -0.25) is 14.7 Å². The number of aromatic nitrogens is 1. The van der Waals surface area contributed by atoms with Crippen LogP contribution < -0.4 is 4.90 Å². The van der Waals surface area contributed by atoms with E-state index in [9.17, 15) is 4.79 Å². The summed E-state index contributed by atoms with van der Waals surface area (Å²) >= 11 is 6.81. The van der Waals surface area contributed by atoms with E-state index in [1.807, 2.05) is 36.4 Å².